The van der Waals surface area contributed by atoms with Gasteiger partial charge in [-0.15, -0.1) is 11.3 Å². The van der Waals surface area contributed by atoms with Gasteiger partial charge >= 0.3 is 0 Å². The fourth-order valence-corrected chi connectivity index (χ4v) is 7.40. The first-order valence-electron chi connectivity index (χ1n) is 8.98. The van der Waals surface area contributed by atoms with Crippen molar-refractivity contribution < 1.29 is 22.7 Å². The molecule has 0 radical (unpaired) electrons. The van der Waals surface area contributed by atoms with Crippen LogP contribution >= 0.6 is 22.7 Å². The molecular weight excluding hydrogens is 434 g/mol. The summed E-state index contributed by atoms with van der Waals surface area (Å²) in [7, 11) is -1.87. The summed E-state index contributed by atoms with van der Waals surface area (Å²) < 4.78 is 40.9. The Balaban J connectivity index is 1.51. The first-order chi connectivity index (χ1) is 13.9. The van der Waals surface area contributed by atoms with Crippen molar-refractivity contribution in [1.29, 1.82) is 0 Å². The second-order valence-electron chi connectivity index (χ2n) is 6.77. The summed E-state index contributed by atoms with van der Waals surface area (Å²) in [5.74, 6) is 0.888. The van der Waals surface area contributed by atoms with Gasteiger partial charge in [-0.1, -0.05) is 17.4 Å². The third-order valence-electron chi connectivity index (χ3n) is 5.06. The minimum absolute atomic E-state index is 0.197. The number of aryl methyl sites for hydroxylation is 1. The first kappa shape index (κ1) is 18.8. The van der Waals surface area contributed by atoms with Gasteiger partial charge in [0.1, 0.15) is 10.3 Å². The lowest BCUT2D eigenvalue weighted by atomic mass is 10.2. The molecule has 8 nitrogen and oxygen atoms in total. The van der Waals surface area contributed by atoms with Crippen molar-refractivity contribution in [3.63, 3.8) is 0 Å². The average Bonchev–Trinajstić information content (AvgIpc) is 3.48. The van der Waals surface area contributed by atoms with Gasteiger partial charge in [-0.3, -0.25) is 4.79 Å². The summed E-state index contributed by atoms with van der Waals surface area (Å²) >= 11 is 2.51. The maximum atomic E-state index is 12.9. The van der Waals surface area contributed by atoms with E-state index in [9.17, 15) is 13.2 Å². The van der Waals surface area contributed by atoms with Crippen molar-refractivity contribution in [3.8, 4) is 11.5 Å². The minimum Gasteiger partial charge on any atom is -0.454 e. The quantitative estimate of drug-likeness (QED) is 0.610. The highest BCUT2D eigenvalue weighted by molar-refractivity contribution is 7.91. The molecule has 1 atom stereocenters. The number of nitrogens with zero attached hydrogens (tertiary/aromatic N) is 3. The van der Waals surface area contributed by atoms with E-state index in [0.29, 0.717) is 35.7 Å². The van der Waals surface area contributed by atoms with Gasteiger partial charge in [0.2, 0.25) is 6.79 Å². The Kier molecular flexibility index (Phi) is 4.50. The summed E-state index contributed by atoms with van der Waals surface area (Å²) in [6.45, 7) is 0.522. The molecule has 0 N–H and O–H groups in total. The van der Waals surface area contributed by atoms with E-state index in [1.165, 1.54) is 15.6 Å². The van der Waals surface area contributed by atoms with Crippen LogP contribution in [0.25, 0.3) is 10.2 Å². The summed E-state index contributed by atoms with van der Waals surface area (Å²) in [6.07, 6.45) is 1.11. The lowest BCUT2D eigenvalue weighted by molar-refractivity contribution is -0.121. The maximum Gasteiger partial charge on any atom is 0.266 e. The lowest BCUT2D eigenvalue weighted by Crippen LogP contribution is -2.40. The Morgan fingerprint density at radius 3 is 2.83 bits per heavy atom. The van der Waals surface area contributed by atoms with Crippen LogP contribution in [-0.4, -0.2) is 42.6 Å². The number of hydrogen-bond donors (Lipinski definition) is 0. The molecule has 1 amide bonds. The van der Waals surface area contributed by atoms with Gasteiger partial charge < -0.3 is 14.0 Å². The predicted molar refractivity (Wildman–Crippen MR) is 109 cm³/mol. The normalized spacial score (nSPS) is 20.0. The minimum atomic E-state index is -3.69. The van der Waals surface area contributed by atoms with Crippen molar-refractivity contribution in [2.24, 2.45) is 12.0 Å². The average molecular weight is 452 g/mol. The molecule has 152 valence electrons. The Morgan fingerprint density at radius 1 is 1.28 bits per heavy atom. The zero-order chi connectivity index (χ0) is 20.2. The van der Waals surface area contributed by atoms with E-state index in [-0.39, 0.29) is 11.0 Å². The van der Waals surface area contributed by atoms with Crippen LogP contribution in [0.15, 0.2) is 38.8 Å². The molecule has 1 saturated heterocycles. The number of amides is 1. The van der Waals surface area contributed by atoms with E-state index < -0.39 is 22.0 Å². The number of carbonyl (C=O) groups is 1. The maximum absolute atomic E-state index is 12.9. The van der Waals surface area contributed by atoms with Crippen molar-refractivity contribution in [2.75, 3.05) is 13.3 Å². The SMILES string of the molecule is Cn1c(=NC(=O)[C@@H]2CCCN2S(=O)(=O)c2cccs2)sc2cc3c(cc21)OCO3. The van der Waals surface area contributed by atoms with Crippen molar-refractivity contribution in [2.45, 2.75) is 23.1 Å². The van der Waals surface area contributed by atoms with Gasteiger partial charge in [-0.05, 0) is 24.3 Å². The van der Waals surface area contributed by atoms with E-state index in [1.807, 2.05) is 23.7 Å². The van der Waals surface area contributed by atoms with Crippen LogP contribution in [0.5, 0.6) is 11.5 Å². The molecule has 3 aromatic rings. The van der Waals surface area contributed by atoms with Crippen molar-refractivity contribution in [1.82, 2.24) is 8.87 Å². The number of thiazole rings is 1. The molecule has 2 aliphatic heterocycles. The van der Waals surface area contributed by atoms with Crippen LogP contribution in [0.4, 0.5) is 0 Å². The van der Waals surface area contributed by atoms with E-state index >= 15 is 0 Å². The summed E-state index contributed by atoms with van der Waals surface area (Å²) in [5, 5.41) is 1.71. The molecule has 1 aromatic carbocycles. The molecule has 0 unspecified atom stereocenters. The largest absolute Gasteiger partial charge is 0.454 e. The summed E-state index contributed by atoms with van der Waals surface area (Å²) in [4.78, 5) is 17.7. The number of rotatable bonds is 3. The highest BCUT2D eigenvalue weighted by atomic mass is 32.2. The number of carbonyl (C=O) groups excluding carboxylic acids is 1. The van der Waals surface area contributed by atoms with Crippen LogP contribution in [0.1, 0.15) is 12.8 Å². The Labute approximate surface area is 174 Å². The second-order valence-corrected chi connectivity index (χ2v) is 10.8. The van der Waals surface area contributed by atoms with Crippen LogP contribution < -0.4 is 14.3 Å². The molecule has 11 heteroatoms. The van der Waals surface area contributed by atoms with Gasteiger partial charge in [-0.25, -0.2) is 8.42 Å². The topological polar surface area (TPSA) is 90.2 Å². The van der Waals surface area contributed by atoms with Crippen molar-refractivity contribution in [3.05, 3.63) is 34.4 Å². The molecular formula is C18H17N3O5S3. The standard InChI is InChI=1S/C18H17N3O5S3/c1-20-12-8-13-14(26-10-25-13)9-15(12)28-18(20)19-17(22)11-4-2-6-21(11)29(23,24)16-5-3-7-27-16/h3,5,7-9,11H,2,4,6,10H2,1H3/t11-/m0/s1. The number of benzene rings is 1. The first-order valence-corrected chi connectivity index (χ1v) is 12.1. The summed E-state index contributed by atoms with van der Waals surface area (Å²) in [6, 6.07) is 6.21. The number of thiophene rings is 1. The van der Waals surface area contributed by atoms with Gasteiger partial charge in [0.05, 0.1) is 10.2 Å². The second kappa shape index (κ2) is 6.94. The Hall–Kier alpha value is -2.21. The highest BCUT2D eigenvalue weighted by Crippen LogP contribution is 2.36. The summed E-state index contributed by atoms with van der Waals surface area (Å²) in [5.41, 5.74) is 0.875. The molecule has 0 saturated carbocycles. The van der Waals surface area contributed by atoms with Crippen LogP contribution in [0, 0.1) is 0 Å². The predicted octanol–water partition coefficient (Wildman–Crippen LogP) is 2.31. The number of sulfonamides is 1. The number of ether oxygens (including phenoxy) is 2. The monoisotopic (exact) mass is 451 g/mol. The van der Waals surface area contributed by atoms with E-state index in [1.54, 1.807) is 17.5 Å². The Morgan fingerprint density at radius 2 is 2.07 bits per heavy atom. The van der Waals surface area contributed by atoms with Gasteiger partial charge in [0, 0.05) is 25.7 Å². The van der Waals surface area contributed by atoms with E-state index in [2.05, 4.69) is 4.99 Å². The van der Waals surface area contributed by atoms with E-state index in [4.69, 9.17) is 9.47 Å². The molecule has 5 rings (SSSR count). The number of aromatic nitrogens is 1. The lowest BCUT2D eigenvalue weighted by Gasteiger charge is -2.20. The van der Waals surface area contributed by atoms with Crippen molar-refractivity contribution >= 4 is 48.8 Å². The van der Waals surface area contributed by atoms with Crippen LogP contribution in [0.3, 0.4) is 0 Å². The zero-order valence-corrected chi connectivity index (χ0v) is 17.8. The highest BCUT2D eigenvalue weighted by Gasteiger charge is 2.39. The van der Waals surface area contributed by atoms with Crippen LogP contribution in [0.2, 0.25) is 0 Å². The molecule has 2 aliphatic rings. The molecule has 0 spiro atoms. The zero-order valence-electron chi connectivity index (χ0n) is 15.4. The van der Waals surface area contributed by atoms with Gasteiger partial charge in [0.15, 0.2) is 16.3 Å². The van der Waals surface area contributed by atoms with E-state index in [0.717, 1.165) is 21.6 Å². The molecule has 29 heavy (non-hydrogen) atoms. The fraction of sp³-hybridized carbons (Fsp3) is 0.333. The fourth-order valence-electron chi connectivity index (χ4n) is 3.59. The third kappa shape index (κ3) is 3.08. The smallest absolute Gasteiger partial charge is 0.266 e. The Bertz CT molecular complexity index is 1270. The van der Waals surface area contributed by atoms with Crippen LogP contribution in [-0.2, 0) is 21.9 Å². The molecule has 0 bridgehead atoms. The van der Waals surface area contributed by atoms with Gasteiger partial charge in [-0.2, -0.15) is 9.30 Å². The third-order valence-corrected chi connectivity index (χ3v) is 9.43. The molecule has 4 heterocycles. The number of fused-ring (bicyclic) bond motifs is 2. The molecule has 2 aromatic heterocycles. The number of hydrogen-bond acceptors (Lipinski definition) is 7. The molecule has 0 aliphatic carbocycles. The molecule has 1 fully saturated rings. The van der Waals surface area contributed by atoms with Gasteiger partial charge in [0.25, 0.3) is 15.9 Å².